The van der Waals surface area contributed by atoms with Crippen molar-refractivity contribution in [2.75, 3.05) is 11.1 Å². The second-order valence-electron chi connectivity index (χ2n) is 4.27. The van der Waals surface area contributed by atoms with Crippen LogP contribution in [0.5, 0.6) is 0 Å². The maximum absolute atomic E-state index is 11.9. The molecule has 0 saturated carbocycles. The summed E-state index contributed by atoms with van der Waals surface area (Å²) in [5, 5.41) is 3.91. The van der Waals surface area contributed by atoms with Crippen molar-refractivity contribution in [3.05, 3.63) is 46.7 Å². The highest BCUT2D eigenvalue weighted by molar-refractivity contribution is 7.99. The molecule has 8 heteroatoms. The van der Waals surface area contributed by atoms with E-state index in [-0.39, 0.29) is 16.8 Å². The maximum atomic E-state index is 11.9. The van der Waals surface area contributed by atoms with Crippen molar-refractivity contribution in [2.45, 2.75) is 5.22 Å². The molecule has 2 heterocycles. The average molecular weight is 354 g/mol. The number of rotatable bonds is 4. The number of fused-ring (bicyclic) bond motifs is 1. The van der Waals surface area contributed by atoms with E-state index in [4.69, 9.17) is 27.6 Å². The Bertz CT molecular complexity index is 838. The number of hydrogen-bond acceptors (Lipinski definition) is 5. The number of anilines is 1. The summed E-state index contributed by atoms with van der Waals surface area (Å²) in [6, 6.07) is 8.56. The average Bonchev–Trinajstić information content (AvgIpc) is 2.89. The minimum atomic E-state index is -0.222. The molecule has 0 aliphatic heterocycles. The normalized spacial score (nSPS) is 10.8. The Morgan fingerprint density at radius 3 is 3.00 bits per heavy atom. The number of aromatic nitrogens is 2. The van der Waals surface area contributed by atoms with E-state index in [0.717, 1.165) is 0 Å². The fraction of sp³-hybridized carbons (Fsp3) is 0.0714. The van der Waals surface area contributed by atoms with Crippen molar-refractivity contribution < 1.29 is 9.21 Å². The first kappa shape index (κ1) is 15.1. The van der Waals surface area contributed by atoms with Gasteiger partial charge in [0, 0.05) is 17.3 Å². The van der Waals surface area contributed by atoms with E-state index in [1.165, 1.54) is 11.8 Å². The number of nitrogens with zero attached hydrogens (tertiary/aromatic N) is 2. The number of nitrogens with one attached hydrogen (secondary N) is 1. The van der Waals surface area contributed by atoms with Crippen molar-refractivity contribution >= 4 is 57.7 Å². The highest BCUT2D eigenvalue weighted by atomic mass is 35.5. The monoisotopic (exact) mass is 353 g/mol. The number of carbonyl (C=O) groups is 1. The number of benzene rings is 1. The van der Waals surface area contributed by atoms with Gasteiger partial charge in [0.25, 0.3) is 5.22 Å². The topological polar surface area (TPSA) is 68.0 Å². The van der Waals surface area contributed by atoms with Gasteiger partial charge in [-0.25, -0.2) is 9.97 Å². The first-order valence-corrected chi connectivity index (χ1v) is 7.95. The van der Waals surface area contributed by atoms with Crippen molar-refractivity contribution in [1.82, 2.24) is 9.97 Å². The van der Waals surface area contributed by atoms with Gasteiger partial charge < -0.3 is 9.73 Å². The summed E-state index contributed by atoms with van der Waals surface area (Å²) in [4.78, 5) is 20.1. The quantitative estimate of drug-likeness (QED) is 0.560. The van der Waals surface area contributed by atoms with Gasteiger partial charge in [0.05, 0.1) is 11.4 Å². The van der Waals surface area contributed by atoms with Gasteiger partial charge >= 0.3 is 0 Å². The molecular formula is C14H9Cl2N3O2S. The van der Waals surface area contributed by atoms with E-state index in [2.05, 4.69) is 15.3 Å². The van der Waals surface area contributed by atoms with Gasteiger partial charge in [-0.2, -0.15) is 0 Å². The molecule has 0 saturated heterocycles. The Morgan fingerprint density at radius 1 is 1.32 bits per heavy atom. The van der Waals surface area contributed by atoms with Crippen LogP contribution >= 0.6 is 35.0 Å². The zero-order valence-electron chi connectivity index (χ0n) is 11.0. The van der Waals surface area contributed by atoms with E-state index < -0.39 is 0 Å². The Kier molecular flexibility index (Phi) is 4.52. The molecule has 2 aromatic heterocycles. The molecule has 0 fully saturated rings. The molecular weight excluding hydrogens is 345 g/mol. The van der Waals surface area contributed by atoms with Crippen LogP contribution in [0, 0.1) is 0 Å². The van der Waals surface area contributed by atoms with E-state index in [1.54, 1.807) is 36.5 Å². The third kappa shape index (κ3) is 3.52. The summed E-state index contributed by atoms with van der Waals surface area (Å²) in [6.45, 7) is 0. The molecule has 112 valence electrons. The summed E-state index contributed by atoms with van der Waals surface area (Å²) in [5.74, 6) is -0.0774. The molecule has 0 bridgehead atoms. The minimum absolute atomic E-state index is 0.145. The van der Waals surface area contributed by atoms with Crippen molar-refractivity contribution in [3.63, 3.8) is 0 Å². The Labute approximate surface area is 140 Å². The van der Waals surface area contributed by atoms with E-state index in [1.807, 2.05) is 0 Å². The second-order valence-corrected chi connectivity index (χ2v) is 5.99. The Hall–Kier alpha value is -1.76. The first-order valence-electron chi connectivity index (χ1n) is 6.21. The predicted molar refractivity (Wildman–Crippen MR) is 87.6 cm³/mol. The molecule has 0 atom stereocenters. The molecule has 0 aliphatic carbocycles. The lowest BCUT2D eigenvalue weighted by molar-refractivity contribution is -0.113. The SMILES string of the molecule is O=C(CSc1nc2ccc(Cl)cc2o1)Nc1cccnc1Cl. The van der Waals surface area contributed by atoms with Crippen LogP contribution in [-0.2, 0) is 4.79 Å². The lowest BCUT2D eigenvalue weighted by atomic mass is 10.3. The maximum Gasteiger partial charge on any atom is 0.257 e. The van der Waals surface area contributed by atoms with Crippen molar-refractivity contribution in [3.8, 4) is 0 Å². The zero-order chi connectivity index (χ0) is 15.5. The molecule has 3 rings (SSSR count). The summed E-state index contributed by atoms with van der Waals surface area (Å²) in [6.07, 6.45) is 1.55. The van der Waals surface area contributed by atoms with Gasteiger partial charge in [-0.05, 0) is 24.3 Å². The van der Waals surface area contributed by atoms with E-state index >= 15 is 0 Å². The number of pyridine rings is 1. The van der Waals surface area contributed by atoms with Gasteiger partial charge in [-0.15, -0.1) is 0 Å². The van der Waals surface area contributed by atoms with Crippen LogP contribution in [-0.4, -0.2) is 21.6 Å². The largest absolute Gasteiger partial charge is 0.431 e. The highest BCUT2D eigenvalue weighted by Gasteiger charge is 2.11. The summed E-state index contributed by atoms with van der Waals surface area (Å²) >= 11 is 12.9. The minimum Gasteiger partial charge on any atom is -0.431 e. The third-order valence-electron chi connectivity index (χ3n) is 2.69. The number of oxazole rings is 1. The van der Waals surface area contributed by atoms with Gasteiger partial charge in [0.15, 0.2) is 10.7 Å². The standard InChI is InChI=1S/C14H9Cl2N3O2S/c15-8-3-4-9-11(6-8)21-14(19-9)22-7-12(20)18-10-2-1-5-17-13(10)16/h1-6H,7H2,(H,18,20). The summed E-state index contributed by atoms with van der Waals surface area (Å²) in [7, 11) is 0. The van der Waals surface area contributed by atoms with Crippen LogP contribution < -0.4 is 5.32 Å². The zero-order valence-corrected chi connectivity index (χ0v) is 13.4. The fourth-order valence-electron chi connectivity index (χ4n) is 1.73. The summed E-state index contributed by atoms with van der Waals surface area (Å²) in [5.41, 5.74) is 1.76. The molecule has 1 amide bonds. The molecule has 1 aromatic carbocycles. The Balaban J connectivity index is 1.63. The van der Waals surface area contributed by atoms with Crippen LogP contribution in [0.3, 0.4) is 0 Å². The van der Waals surface area contributed by atoms with Gasteiger partial charge in [-0.3, -0.25) is 4.79 Å². The molecule has 22 heavy (non-hydrogen) atoms. The Morgan fingerprint density at radius 2 is 2.18 bits per heavy atom. The lowest BCUT2D eigenvalue weighted by Gasteiger charge is -2.04. The van der Waals surface area contributed by atoms with Gasteiger partial charge in [0.2, 0.25) is 5.91 Å². The predicted octanol–water partition coefficient (Wildman–Crippen LogP) is 4.26. The van der Waals surface area contributed by atoms with Crippen molar-refractivity contribution in [2.24, 2.45) is 0 Å². The number of halogens is 2. The van der Waals surface area contributed by atoms with Crippen molar-refractivity contribution in [1.29, 1.82) is 0 Å². The number of carbonyl (C=O) groups excluding carboxylic acids is 1. The molecule has 0 radical (unpaired) electrons. The van der Waals surface area contributed by atoms with Crippen LogP contribution in [0.1, 0.15) is 0 Å². The van der Waals surface area contributed by atoms with Gasteiger partial charge in [-0.1, -0.05) is 35.0 Å². The van der Waals surface area contributed by atoms with Crippen LogP contribution in [0.25, 0.3) is 11.1 Å². The first-order chi connectivity index (χ1) is 10.6. The molecule has 0 spiro atoms. The number of thioether (sulfide) groups is 1. The molecule has 0 unspecified atom stereocenters. The molecule has 3 aromatic rings. The van der Waals surface area contributed by atoms with Crippen LogP contribution in [0.4, 0.5) is 5.69 Å². The second kappa shape index (κ2) is 6.56. The van der Waals surface area contributed by atoms with E-state index in [0.29, 0.717) is 27.0 Å². The van der Waals surface area contributed by atoms with Gasteiger partial charge in [0.1, 0.15) is 5.52 Å². The fourth-order valence-corrected chi connectivity index (χ4v) is 2.70. The molecule has 5 nitrogen and oxygen atoms in total. The number of hydrogen-bond donors (Lipinski definition) is 1. The van der Waals surface area contributed by atoms with E-state index in [9.17, 15) is 4.79 Å². The summed E-state index contributed by atoms with van der Waals surface area (Å²) < 4.78 is 5.52. The number of amides is 1. The highest BCUT2D eigenvalue weighted by Crippen LogP contribution is 2.26. The van der Waals surface area contributed by atoms with Crippen LogP contribution in [0.15, 0.2) is 46.2 Å². The smallest absolute Gasteiger partial charge is 0.257 e. The lowest BCUT2D eigenvalue weighted by Crippen LogP contribution is -2.14. The van der Waals surface area contributed by atoms with Crippen LogP contribution in [0.2, 0.25) is 10.2 Å². The third-order valence-corrected chi connectivity index (χ3v) is 4.06. The molecule has 0 aliphatic rings. The molecule has 1 N–H and O–H groups in total.